The van der Waals surface area contributed by atoms with E-state index in [-0.39, 0.29) is 5.56 Å². The van der Waals surface area contributed by atoms with Gasteiger partial charge in [-0.2, -0.15) is 0 Å². The van der Waals surface area contributed by atoms with Crippen LogP contribution in [0.15, 0.2) is 71.2 Å². The fourth-order valence-electron chi connectivity index (χ4n) is 2.84. The van der Waals surface area contributed by atoms with Crippen molar-refractivity contribution in [1.82, 2.24) is 5.43 Å². The van der Waals surface area contributed by atoms with Gasteiger partial charge < -0.3 is 14.8 Å². The molecule has 0 radical (unpaired) electrons. The summed E-state index contributed by atoms with van der Waals surface area (Å²) < 4.78 is 12.5. The predicted octanol–water partition coefficient (Wildman–Crippen LogP) is 4.80. The molecule has 3 aromatic rings. The summed E-state index contributed by atoms with van der Waals surface area (Å²) in [7, 11) is 3.02. The van der Waals surface area contributed by atoms with E-state index in [1.54, 1.807) is 42.6 Å². The fraction of sp³-hybridized carbons (Fsp3) is 0.0870. The van der Waals surface area contributed by atoms with E-state index in [0.29, 0.717) is 27.2 Å². The second-order valence-electron chi connectivity index (χ2n) is 6.51. The smallest absolute Gasteiger partial charge is 0.360 e. The highest BCUT2D eigenvalue weighted by molar-refractivity contribution is 9.10. The maximum absolute atomic E-state index is 12.9. The Labute approximate surface area is 202 Å². The number of carbonyl (C=O) groups excluding carboxylic acids is 2. The number of nitrogens with one attached hydrogen (secondary N) is 2. The molecular weight excluding hydrogens is 542 g/mol. The molecule has 0 spiro atoms. The lowest BCUT2D eigenvalue weighted by atomic mass is 10.1. The van der Waals surface area contributed by atoms with Gasteiger partial charge in [0.25, 0.3) is 5.91 Å². The van der Waals surface area contributed by atoms with E-state index in [1.165, 1.54) is 17.9 Å². The van der Waals surface area contributed by atoms with E-state index in [2.05, 4.69) is 42.8 Å². The first-order chi connectivity index (χ1) is 15.4. The van der Waals surface area contributed by atoms with Gasteiger partial charge in [0, 0.05) is 15.6 Å². The monoisotopic (exact) mass is 560 g/mol. The Bertz CT molecular complexity index is 1170. The number of benzene rings is 3. The van der Waals surface area contributed by atoms with Gasteiger partial charge in [-0.05, 0) is 52.2 Å². The van der Waals surface area contributed by atoms with Crippen LogP contribution in [-0.4, -0.2) is 36.0 Å². The molecule has 2 amide bonds. The Morgan fingerprint density at radius 2 is 1.62 bits per heavy atom. The van der Waals surface area contributed by atoms with Crippen molar-refractivity contribution in [3.05, 3.63) is 87.9 Å². The second-order valence-corrected chi connectivity index (χ2v) is 8.19. The van der Waals surface area contributed by atoms with Gasteiger partial charge in [0.2, 0.25) is 6.21 Å². The number of ether oxygens (including phenoxy) is 2. The lowest BCUT2D eigenvalue weighted by Gasteiger charge is -2.12. The van der Waals surface area contributed by atoms with Gasteiger partial charge in [-0.3, -0.25) is 9.59 Å². The maximum Gasteiger partial charge on any atom is 0.360 e. The van der Waals surface area contributed by atoms with Crippen LogP contribution in [0, 0.1) is 0 Å². The number of rotatable bonds is 7. The lowest BCUT2D eigenvalue weighted by Crippen LogP contribution is -2.30. The standard InChI is InChI=1S/C23H19Br2N3O4/c1-31-20-11-8-16(12-21(20)32-2)22(29)26-19-10-9-17(24)13-18(19)23(30)27-28(25)14-15-6-4-3-5-7-15/h3-14H,1-2H3,(H-,26,27,29,30)/p+1. The highest BCUT2D eigenvalue weighted by Gasteiger charge is 2.19. The molecule has 0 aromatic heterocycles. The third-order valence-corrected chi connectivity index (χ3v) is 5.27. The summed E-state index contributed by atoms with van der Waals surface area (Å²) in [5.74, 6) is 0.131. The van der Waals surface area contributed by atoms with Gasteiger partial charge >= 0.3 is 22.1 Å². The Morgan fingerprint density at radius 1 is 0.906 bits per heavy atom. The summed E-state index contributed by atoms with van der Waals surface area (Å²) in [6, 6.07) is 19.3. The third kappa shape index (κ3) is 5.95. The SMILES string of the molecule is COc1ccc(C(=O)Nc2ccc(Br)cc2C(=O)N[N+](Br)=Cc2ccccc2)cc1OC. The molecule has 0 heterocycles. The fourth-order valence-corrected chi connectivity index (χ4v) is 3.60. The van der Waals surface area contributed by atoms with Gasteiger partial charge in [0.1, 0.15) is 0 Å². The maximum atomic E-state index is 12.9. The molecule has 3 aromatic carbocycles. The first-order valence-electron chi connectivity index (χ1n) is 9.40. The number of hydrazone groups is 1. The van der Waals surface area contributed by atoms with Gasteiger partial charge in [-0.25, -0.2) is 0 Å². The summed E-state index contributed by atoms with van der Waals surface area (Å²) in [4.78, 5) is 25.7. The van der Waals surface area contributed by atoms with Gasteiger partial charge in [0.05, 0.1) is 25.5 Å². The molecule has 0 aliphatic heterocycles. The average molecular weight is 562 g/mol. The van der Waals surface area contributed by atoms with E-state index in [4.69, 9.17) is 9.47 Å². The van der Waals surface area contributed by atoms with Crippen molar-refractivity contribution in [2.75, 3.05) is 19.5 Å². The normalized spacial score (nSPS) is 10.9. The molecule has 0 saturated carbocycles. The van der Waals surface area contributed by atoms with Crippen molar-refractivity contribution in [3.63, 3.8) is 0 Å². The van der Waals surface area contributed by atoms with Crippen LogP contribution in [0.4, 0.5) is 5.69 Å². The zero-order chi connectivity index (χ0) is 23.1. The Hall–Kier alpha value is -3.17. The van der Waals surface area contributed by atoms with Crippen molar-refractivity contribution in [3.8, 4) is 11.5 Å². The van der Waals surface area contributed by atoms with Crippen molar-refractivity contribution in [1.29, 1.82) is 0 Å². The molecule has 9 heteroatoms. The van der Waals surface area contributed by atoms with Crippen molar-refractivity contribution >= 4 is 55.8 Å². The summed E-state index contributed by atoms with van der Waals surface area (Å²) in [5, 5.41) is 2.79. The van der Waals surface area contributed by atoms with Crippen LogP contribution < -0.4 is 20.2 Å². The minimum Gasteiger partial charge on any atom is -0.493 e. The molecule has 0 bridgehead atoms. The number of hydrazine groups is 1. The Kier molecular flexibility index (Phi) is 8.02. The summed E-state index contributed by atoms with van der Waals surface area (Å²) >= 11 is 6.67. The van der Waals surface area contributed by atoms with Crippen LogP contribution in [0.25, 0.3) is 0 Å². The lowest BCUT2D eigenvalue weighted by molar-refractivity contribution is -0.377. The van der Waals surface area contributed by atoms with Crippen LogP contribution in [0.5, 0.6) is 11.5 Å². The van der Waals surface area contributed by atoms with Crippen LogP contribution in [0.1, 0.15) is 26.3 Å². The summed E-state index contributed by atoms with van der Waals surface area (Å²) in [6.45, 7) is 0. The third-order valence-electron chi connectivity index (χ3n) is 4.39. The largest absolute Gasteiger partial charge is 0.493 e. The summed E-state index contributed by atoms with van der Waals surface area (Å²) in [5.41, 5.74) is 4.58. The highest BCUT2D eigenvalue weighted by atomic mass is 79.9. The number of nitrogens with zero attached hydrogens (tertiary/aromatic N) is 1. The highest BCUT2D eigenvalue weighted by Crippen LogP contribution is 2.28. The van der Waals surface area contributed by atoms with Crippen LogP contribution in [0.2, 0.25) is 0 Å². The van der Waals surface area contributed by atoms with E-state index in [1.807, 2.05) is 30.3 Å². The molecule has 0 aliphatic carbocycles. The van der Waals surface area contributed by atoms with Crippen LogP contribution in [0.3, 0.4) is 0 Å². The number of anilines is 1. The number of carbonyl (C=O) groups is 2. The predicted molar refractivity (Wildman–Crippen MR) is 130 cm³/mol. The molecule has 0 fully saturated rings. The zero-order valence-corrected chi connectivity index (χ0v) is 20.4. The number of hydrogen-bond donors (Lipinski definition) is 2. The van der Waals surface area contributed by atoms with E-state index < -0.39 is 11.8 Å². The number of hydrogen-bond acceptors (Lipinski definition) is 4. The number of methoxy groups -OCH3 is 2. The molecule has 32 heavy (non-hydrogen) atoms. The number of amides is 2. The molecule has 0 aliphatic rings. The Balaban J connectivity index is 1.82. The van der Waals surface area contributed by atoms with E-state index in [9.17, 15) is 9.59 Å². The molecular formula is C23H20Br2N3O4+. The topological polar surface area (TPSA) is 79.7 Å². The van der Waals surface area contributed by atoms with Crippen LogP contribution >= 0.6 is 32.1 Å². The van der Waals surface area contributed by atoms with Gasteiger partial charge in [-0.15, -0.1) is 5.43 Å². The molecule has 164 valence electrons. The minimum atomic E-state index is -0.419. The molecule has 7 nitrogen and oxygen atoms in total. The number of halogens is 2. The van der Waals surface area contributed by atoms with Gasteiger partial charge in [0.15, 0.2) is 11.5 Å². The molecule has 0 saturated heterocycles. The first-order valence-corrected chi connectivity index (χ1v) is 10.9. The van der Waals surface area contributed by atoms with E-state index >= 15 is 0 Å². The quantitative estimate of drug-likeness (QED) is 0.247. The zero-order valence-electron chi connectivity index (χ0n) is 17.3. The van der Waals surface area contributed by atoms with Crippen molar-refractivity contribution < 1.29 is 22.8 Å². The van der Waals surface area contributed by atoms with Crippen molar-refractivity contribution in [2.45, 2.75) is 0 Å². The molecule has 0 atom stereocenters. The minimum absolute atomic E-state index is 0.277. The summed E-state index contributed by atoms with van der Waals surface area (Å²) in [6.07, 6.45) is 1.71. The van der Waals surface area contributed by atoms with Crippen LogP contribution in [-0.2, 0) is 0 Å². The first kappa shape index (κ1) is 23.5. The molecule has 2 N–H and O–H groups in total. The molecule has 3 rings (SSSR count). The van der Waals surface area contributed by atoms with Crippen molar-refractivity contribution in [2.24, 2.45) is 0 Å². The second kappa shape index (κ2) is 10.9. The van der Waals surface area contributed by atoms with E-state index in [0.717, 1.165) is 5.56 Å². The average Bonchev–Trinajstić information content (AvgIpc) is 2.80. The molecule has 0 unspecified atom stereocenters. The van der Waals surface area contributed by atoms with Gasteiger partial charge in [-0.1, -0.05) is 34.1 Å². The Morgan fingerprint density at radius 3 is 2.31 bits per heavy atom.